The van der Waals surface area contributed by atoms with E-state index < -0.39 is 0 Å². The van der Waals surface area contributed by atoms with Crippen LogP contribution in [0.15, 0.2) is 12.1 Å². The monoisotopic (exact) mass is 281 g/mol. The summed E-state index contributed by atoms with van der Waals surface area (Å²) in [5, 5.41) is 4.56. The van der Waals surface area contributed by atoms with E-state index in [0.29, 0.717) is 6.04 Å². The molecule has 0 aliphatic carbocycles. The Hall–Kier alpha value is -0.530. The van der Waals surface area contributed by atoms with Crippen LogP contribution in [0.25, 0.3) is 0 Å². The van der Waals surface area contributed by atoms with E-state index in [1.165, 1.54) is 36.0 Å². The Balaban J connectivity index is 2.92. The van der Waals surface area contributed by atoms with E-state index in [-0.39, 0.29) is 0 Å². The molecule has 2 heteroatoms. The second-order valence-electron chi connectivity index (χ2n) is 5.94. The molecule has 0 aromatic heterocycles. The highest BCUT2D eigenvalue weighted by Gasteiger charge is 2.15. The number of nitrogens with one attached hydrogen (secondary N) is 1. The fourth-order valence-corrected chi connectivity index (χ4v) is 2.58. The van der Waals surface area contributed by atoms with Gasteiger partial charge in [-0.15, -0.1) is 0 Å². The first-order valence-corrected chi connectivity index (χ1v) is 7.83. The van der Waals surface area contributed by atoms with Gasteiger partial charge in [0.25, 0.3) is 0 Å². The van der Waals surface area contributed by atoms with Crippen molar-refractivity contribution in [2.24, 2.45) is 5.92 Å². The highest BCUT2D eigenvalue weighted by molar-refractivity contribution is 6.31. The molecule has 0 aliphatic heterocycles. The Morgan fingerprint density at radius 1 is 1.11 bits per heavy atom. The third-order valence-corrected chi connectivity index (χ3v) is 4.00. The minimum Gasteiger partial charge on any atom is -0.310 e. The normalized spacial score (nSPS) is 13.0. The van der Waals surface area contributed by atoms with Crippen molar-refractivity contribution in [3.63, 3.8) is 0 Å². The lowest BCUT2D eigenvalue weighted by atomic mass is 9.93. The van der Waals surface area contributed by atoms with Crippen LogP contribution in [-0.2, 0) is 0 Å². The van der Waals surface area contributed by atoms with Crippen LogP contribution in [0.2, 0.25) is 5.02 Å². The fraction of sp³-hybridized carbons (Fsp3) is 0.647. The number of aryl methyl sites for hydroxylation is 2. The molecule has 1 rings (SSSR count). The summed E-state index contributed by atoms with van der Waals surface area (Å²) in [6.45, 7) is 12.1. The van der Waals surface area contributed by atoms with Gasteiger partial charge in [-0.25, -0.2) is 0 Å². The fourth-order valence-electron chi connectivity index (χ4n) is 2.36. The van der Waals surface area contributed by atoms with Gasteiger partial charge in [-0.3, -0.25) is 0 Å². The lowest BCUT2D eigenvalue weighted by molar-refractivity contribution is 0.439. The van der Waals surface area contributed by atoms with Crippen molar-refractivity contribution in [1.29, 1.82) is 0 Å². The summed E-state index contributed by atoms with van der Waals surface area (Å²) in [6.07, 6.45) is 3.62. The minimum atomic E-state index is 0.457. The molecule has 1 aromatic rings. The van der Waals surface area contributed by atoms with Crippen molar-refractivity contribution in [3.8, 4) is 0 Å². The third-order valence-electron chi connectivity index (χ3n) is 3.60. The molecule has 0 radical (unpaired) electrons. The first-order chi connectivity index (χ1) is 8.95. The van der Waals surface area contributed by atoms with Gasteiger partial charge in [0.1, 0.15) is 0 Å². The number of hydrogen-bond donors (Lipinski definition) is 1. The maximum atomic E-state index is 6.20. The summed E-state index contributed by atoms with van der Waals surface area (Å²) in [4.78, 5) is 0. The zero-order valence-electron chi connectivity index (χ0n) is 13.0. The molecule has 0 amide bonds. The van der Waals surface area contributed by atoms with Gasteiger partial charge < -0.3 is 5.32 Å². The molecule has 0 saturated heterocycles. The van der Waals surface area contributed by atoms with Crippen LogP contribution in [0.3, 0.4) is 0 Å². The van der Waals surface area contributed by atoms with Crippen LogP contribution in [0, 0.1) is 19.8 Å². The Morgan fingerprint density at radius 2 is 1.79 bits per heavy atom. The molecule has 0 aliphatic rings. The predicted octanol–water partition coefficient (Wildman–Crippen LogP) is 5.43. The Bertz CT molecular complexity index is 398. The first-order valence-electron chi connectivity index (χ1n) is 7.45. The Kier molecular flexibility index (Phi) is 6.88. The van der Waals surface area contributed by atoms with Crippen molar-refractivity contribution < 1.29 is 0 Å². The topological polar surface area (TPSA) is 12.0 Å². The van der Waals surface area contributed by atoms with E-state index in [1.807, 2.05) is 0 Å². The van der Waals surface area contributed by atoms with Crippen molar-refractivity contribution >= 4 is 11.6 Å². The molecule has 0 fully saturated rings. The van der Waals surface area contributed by atoms with E-state index >= 15 is 0 Å². The Labute approximate surface area is 123 Å². The predicted molar refractivity (Wildman–Crippen MR) is 86.0 cm³/mol. The first kappa shape index (κ1) is 16.5. The Morgan fingerprint density at radius 3 is 2.37 bits per heavy atom. The molecule has 108 valence electrons. The van der Waals surface area contributed by atoms with E-state index in [2.05, 4.69) is 52.1 Å². The van der Waals surface area contributed by atoms with Crippen LogP contribution in [0.4, 0.5) is 0 Å². The molecule has 0 saturated carbocycles. The summed E-state index contributed by atoms with van der Waals surface area (Å²) >= 11 is 6.20. The molecule has 0 bridgehead atoms. The highest BCUT2D eigenvalue weighted by atomic mass is 35.5. The van der Waals surface area contributed by atoms with Crippen molar-refractivity contribution in [2.75, 3.05) is 6.54 Å². The highest BCUT2D eigenvalue weighted by Crippen LogP contribution is 2.28. The number of hydrogen-bond acceptors (Lipinski definition) is 1. The van der Waals surface area contributed by atoms with Gasteiger partial charge in [0.15, 0.2) is 0 Å². The molecule has 1 aromatic carbocycles. The summed E-state index contributed by atoms with van der Waals surface area (Å²) in [5.74, 6) is 0.750. The summed E-state index contributed by atoms with van der Waals surface area (Å²) in [7, 11) is 0. The van der Waals surface area contributed by atoms with Crippen molar-refractivity contribution in [2.45, 2.75) is 59.9 Å². The average Bonchev–Trinajstić information content (AvgIpc) is 2.34. The molecular weight excluding hydrogens is 254 g/mol. The second-order valence-corrected chi connectivity index (χ2v) is 6.34. The molecule has 1 unspecified atom stereocenters. The van der Waals surface area contributed by atoms with Crippen molar-refractivity contribution in [3.05, 3.63) is 33.8 Å². The molecule has 1 nitrogen and oxygen atoms in total. The van der Waals surface area contributed by atoms with E-state index in [1.54, 1.807) is 0 Å². The zero-order chi connectivity index (χ0) is 14.4. The average molecular weight is 282 g/mol. The van der Waals surface area contributed by atoms with Crippen LogP contribution in [0.5, 0.6) is 0 Å². The van der Waals surface area contributed by atoms with Gasteiger partial charge in [-0.05, 0) is 68.3 Å². The van der Waals surface area contributed by atoms with Crippen LogP contribution in [-0.4, -0.2) is 6.54 Å². The van der Waals surface area contributed by atoms with Crippen molar-refractivity contribution in [1.82, 2.24) is 5.32 Å². The molecular formula is C17H28ClN. The standard InChI is InChI=1S/C17H28ClN/c1-6-9-19-17(8-7-12(2)3)15-10-14(5)16(18)11-13(15)4/h10-12,17,19H,6-9H2,1-5H3. The van der Waals surface area contributed by atoms with Gasteiger partial charge in [-0.2, -0.15) is 0 Å². The van der Waals surface area contributed by atoms with Crippen LogP contribution < -0.4 is 5.32 Å². The number of halogens is 1. The maximum absolute atomic E-state index is 6.20. The summed E-state index contributed by atoms with van der Waals surface area (Å²) in [6, 6.07) is 4.81. The van der Waals surface area contributed by atoms with Gasteiger partial charge in [0, 0.05) is 11.1 Å². The molecule has 1 N–H and O–H groups in total. The third kappa shape index (κ3) is 5.16. The lowest BCUT2D eigenvalue weighted by Crippen LogP contribution is -2.23. The number of rotatable bonds is 7. The summed E-state index contributed by atoms with van der Waals surface area (Å²) in [5.41, 5.74) is 3.89. The quantitative estimate of drug-likeness (QED) is 0.702. The van der Waals surface area contributed by atoms with Gasteiger partial charge >= 0.3 is 0 Å². The van der Waals surface area contributed by atoms with E-state index in [0.717, 1.165) is 17.5 Å². The van der Waals surface area contributed by atoms with Crippen LogP contribution >= 0.6 is 11.6 Å². The summed E-state index contributed by atoms with van der Waals surface area (Å²) < 4.78 is 0. The van der Waals surface area contributed by atoms with E-state index in [4.69, 9.17) is 11.6 Å². The lowest BCUT2D eigenvalue weighted by Gasteiger charge is -2.23. The molecule has 0 heterocycles. The largest absolute Gasteiger partial charge is 0.310 e. The maximum Gasteiger partial charge on any atom is 0.0438 e. The molecule has 0 spiro atoms. The van der Waals surface area contributed by atoms with Gasteiger partial charge in [0.05, 0.1) is 0 Å². The van der Waals surface area contributed by atoms with Crippen LogP contribution in [0.1, 0.15) is 62.8 Å². The van der Waals surface area contributed by atoms with Gasteiger partial charge in [0.2, 0.25) is 0 Å². The smallest absolute Gasteiger partial charge is 0.0438 e. The zero-order valence-corrected chi connectivity index (χ0v) is 13.8. The minimum absolute atomic E-state index is 0.457. The molecule has 1 atom stereocenters. The van der Waals surface area contributed by atoms with Gasteiger partial charge in [-0.1, -0.05) is 38.4 Å². The number of benzene rings is 1. The second kappa shape index (κ2) is 7.91. The SMILES string of the molecule is CCCNC(CCC(C)C)c1cc(C)c(Cl)cc1C. The molecule has 19 heavy (non-hydrogen) atoms. The van der Waals surface area contributed by atoms with E-state index in [9.17, 15) is 0 Å².